The molecule has 11 nitrogen and oxygen atoms in total. The molecule has 1 saturated heterocycles. The van der Waals surface area contributed by atoms with Crippen molar-refractivity contribution in [2.24, 2.45) is 0 Å². The van der Waals surface area contributed by atoms with Crippen LogP contribution in [0.2, 0.25) is 0 Å². The standard InChI is InChI=1S/C30H28N10O/c1-19-17-20(7-10-25(19)40(21-8-9-21)15-13-31-14-16-40)35-29-34-18-23-26(37-29)36-27-22-5-2-3-6-24(22)38(39(27)28(23)41)30-32-11-4-12-33-30/h2-7,10-12,17-18,21,31H,8-9,13-16H2,1H3/p+1. The molecule has 11 heteroatoms. The molecule has 6 aromatic rings. The highest BCUT2D eigenvalue weighted by Gasteiger charge is 2.47. The Morgan fingerprint density at radius 2 is 1.76 bits per heavy atom. The number of piperazine rings is 1. The molecule has 0 unspecified atom stereocenters. The lowest BCUT2D eigenvalue weighted by Crippen LogP contribution is -2.61. The van der Waals surface area contributed by atoms with Crippen molar-refractivity contribution in [2.45, 2.75) is 25.8 Å². The first-order chi connectivity index (χ1) is 20.1. The van der Waals surface area contributed by atoms with Gasteiger partial charge in [0.05, 0.1) is 24.6 Å². The molecule has 1 aliphatic heterocycles. The Bertz CT molecular complexity index is 2010. The molecule has 204 valence electrons. The maximum Gasteiger partial charge on any atom is 0.284 e. The third kappa shape index (κ3) is 3.80. The van der Waals surface area contributed by atoms with E-state index in [0.29, 0.717) is 28.6 Å². The van der Waals surface area contributed by atoms with Crippen molar-refractivity contribution in [3.05, 3.63) is 83.0 Å². The van der Waals surface area contributed by atoms with Crippen LogP contribution in [0.3, 0.4) is 0 Å². The molecule has 4 aromatic heterocycles. The minimum atomic E-state index is -0.287. The number of hydrogen-bond donors (Lipinski definition) is 2. The number of para-hydroxylation sites is 1. The summed E-state index contributed by atoms with van der Waals surface area (Å²) in [4.78, 5) is 36.5. The van der Waals surface area contributed by atoms with Gasteiger partial charge in [0.2, 0.25) is 11.9 Å². The van der Waals surface area contributed by atoms with Gasteiger partial charge in [-0.15, -0.1) is 0 Å². The third-order valence-corrected chi connectivity index (χ3v) is 8.47. The number of nitrogens with zero attached hydrogens (tertiary/aromatic N) is 8. The average Bonchev–Trinajstić information content (AvgIpc) is 3.81. The quantitative estimate of drug-likeness (QED) is 0.317. The van der Waals surface area contributed by atoms with Gasteiger partial charge in [-0.1, -0.05) is 12.1 Å². The Kier molecular flexibility index (Phi) is 5.38. The number of nitrogens with one attached hydrogen (secondary N) is 2. The summed E-state index contributed by atoms with van der Waals surface area (Å²) in [5.41, 5.74) is 4.89. The minimum Gasteiger partial charge on any atom is -0.324 e. The number of aromatic nitrogens is 7. The molecule has 0 amide bonds. The molecule has 8 rings (SSSR count). The Morgan fingerprint density at radius 3 is 2.54 bits per heavy atom. The molecule has 2 aromatic carbocycles. The molecule has 0 atom stereocenters. The van der Waals surface area contributed by atoms with Gasteiger partial charge in [0, 0.05) is 67.2 Å². The van der Waals surface area contributed by atoms with Crippen LogP contribution in [0.5, 0.6) is 0 Å². The monoisotopic (exact) mass is 545 g/mol. The van der Waals surface area contributed by atoms with Crippen LogP contribution in [0, 0.1) is 6.92 Å². The Hall–Kier alpha value is -4.74. The molecule has 2 N–H and O–H groups in total. The maximum absolute atomic E-state index is 13.8. The Morgan fingerprint density at radius 1 is 0.951 bits per heavy atom. The summed E-state index contributed by atoms with van der Waals surface area (Å²) in [6.45, 7) is 6.57. The van der Waals surface area contributed by atoms with Crippen molar-refractivity contribution < 1.29 is 0 Å². The number of anilines is 2. The summed E-state index contributed by atoms with van der Waals surface area (Å²) >= 11 is 0. The Labute approximate surface area is 235 Å². The van der Waals surface area contributed by atoms with Crippen LogP contribution in [0.4, 0.5) is 17.3 Å². The lowest BCUT2D eigenvalue weighted by Gasteiger charge is -2.42. The van der Waals surface area contributed by atoms with Crippen molar-refractivity contribution >= 4 is 44.9 Å². The molecule has 2 aliphatic rings. The van der Waals surface area contributed by atoms with Gasteiger partial charge in [-0.25, -0.2) is 24.6 Å². The predicted octanol–water partition coefficient (Wildman–Crippen LogP) is 3.50. The van der Waals surface area contributed by atoms with Gasteiger partial charge >= 0.3 is 0 Å². The van der Waals surface area contributed by atoms with Crippen molar-refractivity contribution in [2.75, 3.05) is 31.5 Å². The first kappa shape index (κ1) is 24.1. The number of fused-ring (bicyclic) bond motifs is 4. The summed E-state index contributed by atoms with van der Waals surface area (Å²) in [6.07, 6.45) is 7.45. The van der Waals surface area contributed by atoms with E-state index in [-0.39, 0.29) is 5.56 Å². The predicted molar refractivity (Wildman–Crippen MR) is 159 cm³/mol. The van der Waals surface area contributed by atoms with Crippen LogP contribution >= 0.6 is 0 Å². The fourth-order valence-electron chi connectivity index (χ4n) is 6.47. The van der Waals surface area contributed by atoms with Crippen LogP contribution in [-0.4, -0.2) is 66.3 Å². The number of hydrogen-bond acceptors (Lipinski definition) is 8. The average molecular weight is 546 g/mol. The van der Waals surface area contributed by atoms with Gasteiger partial charge < -0.3 is 10.6 Å². The second-order valence-electron chi connectivity index (χ2n) is 10.9. The van der Waals surface area contributed by atoms with Gasteiger partial charge in [0.1, 0.15) is 11.1 Å². The Balaban J connectivity index is 1.20. The van der Waals surface area contributed by atoms with E-state index >= 15 is 0 Å². The zero-order chi connectivity index (χ0) is 27.6. The van der Waals surface area contributed by atoms with E-state index in [9.17, 15) is 4.79 Å². The molecular formula is C30H29N10O+. The second kappa shape index (κ2) is 9.15. The fraction of sp³-hybridized carbons (Fsp3) is 0.267. The van der Waals surface area contributed by atoms with Crippen LogP contribution < -0.4 is 20.7 Å². The molecular weight excluding hydrogens is 516 g/mol. The zero-order valence-electron chi connectivity index (χ0n) is 22.7. The van der Waals surface area contributed by atoms with E-state index < -0.39 is 0 Å². The first-order valence-electron chi connectivity index (χ1n) is 14.0. The largest absolute Gasteiger partial charge is 0.324 e. The molecule has 41 heavy (non-hydrogen) atoms. The second-order valence-corrected chi connectivity index (χ2v) is 10.9. The molecule has 5 heterocycles. The van der Waals surface area contributed by atoms with Gasteiger partial charge in [0.25, 0.3) is 5.56 Å². The summed E-state index contributed by atoms with van der Waals surface area (Å²) in [5.74, 6) is 0.774. The summed E-state index contributed by atoms with van der Waals surface area (Å²) in [6, 6.07) is 16.7. The highest BCUT2D eigenvalue weighted by molar-refractivity contribution is 5.95. The van der Waals surface area contributed by atoms with Gasteiger partial charge in [-0.05, 0) is 37.3 Å². The lowest BCUT2D eigenvalue weighted by molar-refractivity contribution is 0.230. The highest BCUT2D eigenvalue weighted by atomic mass is 16.1. The van der Waals surface area contributed by atoms with E-state index in [2.05, 4.69) is 55.7 Å². The SMILES string of the molecule is Cc1cc(Nc2ncc3c(=O)n4c(nc3n2)c2ccccc2n4-c2ncccn2)ccc1[N+]1(C2CC2)CCNCC1. The number of aryl methyl sites for hydroxylation is 1. The van der Waals surface area contributed by atoms with E-state index in [1.54, 1.807) is 23.1 Å². The van der Waals surface area contributed by atoms with E-state index in [1.165, 1.54) is 34.8 Å². The molecule has 2 fully saturated rings. The minimum absolute atomic E-state index is 0.287. The van der Waals surface area contributed by atoms with E-state index in [4.69, 9.17) is 4.98 Å². The van der Waals surface area contributed by atoms with Gasteiger partial charge in [-0.2, -0.15) is 9.50 Å². The maximum atomic E-state index is 13.8. The normalized spacial score (nSPS) is 16.9. The summed E-state index contributed by atoms with van der Waals surface area (Å²) in [5, 5.41) is 7.99. The van der Waals surface area contributed by atoms with Crippen molar-refractivity contribution in [3.8, 4) is 5.95 Å². The van der Waals surface area contributed by atoms with Crippen LogP contribution in [0.25, 0.3) is 33.5 Å². The topological polar surface area (TPSA) is 115 Å². The molecule has 1 aliphatic carbocycles. The first-order valence-corrected chi connectivity index (χ1v) is 14.0. The number of benzene rings is 2. The number of quaternary nitrogens is 1. The molecule has 0 spiro atoms. The van der Waals surface area contributed by atoms with Crippen LogP contribution in [0.15, 0.2) is 71.9 Å². The van der Waals surface area contributed by atoms with Crippen molar-refractivity contribution in [3.63, 3.8) is 0 Å². The van der Waals surface area contributed by atoms with Crippen molar-refractivity contribution in [1.29, 1.82) is 0 Å². The highest BCUT2D eigenvalue weighted by Crippen LogP contribution is 2.41. The van der Waals surface area contributed by atoms with Crippen LogP contribution in [-0.2, 0) is 0 Å². The third-order valence-electron chi connectivity index (χ3n) is 8.47. The number of rotatable bonds is 5. The van der Waals surface area contributed by atoms with Crippen molar-refractivity contribution in [1.82, 2.24) is 43.9 Å². The van der Waals surface area contributed by atoms with E-state index in [0.717, 1.165) is 53.3 Å². The van der Waals surface area contributed by atoms with Gasteiger partial charge in [-0.3, -0.25) is 9.28 Å². The molecule has 0 bridgehead atoms. The lowest BCUT2D eigenvalue weighted by atomic mass is 10.1. The summed E-state index contributed by atoms with van der Waals surface area (Å²) < 4.78 is 4.26. The summed E-state index contributed by atoms with van der Waals surface area (Å²) in [7, 11) is 0. The molecule has 0 radical (unpaired) electrons. The zero-order valence-corrected chi connectivity index (χ0v) is 22.7. The van der Waals surface area contributed by atoms with Crippen LogP contribution in [0.1, 0.15) is 18.4 Å². The van der Waals surface area contributed by atoms with E-state index in [1.807, 2.05) is 24.3 Å². The smallest absolute Gasteiger partial charge is 0.284 e. The van der Waals surface area contributed by atoms with Gasteiger partial charge in [0.15, 0.2) is 11.3 Å². The molecule has 1 saturated carbocycles. The fourth-order valence-corrected chi connectivity index (χ4v) is 6.47.